The maximum absolute atomic E-state index is 12.3. The lowest BCUT2D eigenvalue weighted by atomic mass is 9.91. The predicted molar refractivity (Wildman–Crippen MR) is 69.8 cm³/mol. The molecule has 2 fully saturated rings. The van der Waals surface area contributed by atoms with E-state index in [0.29, 0.717) is 17.4 Å². The van der Waals surface area contributed by atoms with E-state index in [0.717, 1.165) is 25.9 Å². The van der Waals surface area contributed by atoms with E-state index >= 15 is 0 Å². The molecule has 3 heteroatoms. The minimum atomic E-state index is 0.0960. The molecule has 2 atom stereocenters. The summed E-state index contributed by atoms with van der Waals surface area (Å²) in [5.74, 6) is 0.348. The summed E-state index contributed by atoms with van der Waals surface area (Å²) in [6, 6.07) is 0.601. The SMILES string of the molecule is CCCNC1CCN(C2CCC(C)(C)C2)C1=O. The van der Waals surface area contributed by atoms with Gasteiger partial charge in [0.1, 0.15) is 0 Å². The molecule has 2 aliphatic rings. The van der Waals surface area contributed by atoms with Gasteiger partial charge < -0.3 is 10.2 Å². The second-order valence-corrected chi connectivity index (χ2v) is 6.39. The zero-order valence-corrected chi connectivity index (χ0v) is 11.5. The summed E-state index contributed by atoms with van der Waals surface area (Å²) in [7, 11) is 0. The Morgan fingerprint density at radius 3 is 2.76 bits per heavy atom. The molecule has 1 N–H and O–H groups in total. The van der Waals surface area contributed by atoms with E-state index in [1.54, 1.807) is 0 Å². The van der Waals surface area contributed by atoms with E-state index in [1.807, 2.05) is 0 Å². The molecule has 1 amide bonds. The van der Waals surface area contributed by atoms with Crippen molar-refractivity contribution in [1.82, 2.24) is 10.2 Å². The number of carbonyl (C=O) groups excluding carboxylic acids is 1. The zero-order chi connectivity index (χ0) is 12.5. The van der Waals surface area contributed by atoms with Gasteiger partial charge in [-0.15, -0.1) is 0 Å². The van der Waals surface area contributed by atoms with Gasteiger partial charge in [0.15, 0.2) is 0 Å². The summed E-state index contributed by atoms with van der Waals surface area (Å²) in [4.78, 5) is 14.4. The average molecular weight is 238 g/mol. The topological polar surface area (TPSA) is 32.3 Å². The summed E-state index contributed by atoms with van der Waals surface area (Å²) in [6.07, 6.45) is 5.73. The fourth-order valence-electron chi connectivity index (χ4n) is 3.24. The van der Waals surface area contributed by atoms with Crippen LogP contribution in [0.3, 0.4) is 0 Å². The first-order valence-electron chi connectivity index (χ1n) is 7.07. The monoisotopic (exact) mass is 238 g/mol. The maximum Gasteiger partial charge on any atom is 0.240 e. The van der Waals surface area contributed by atoms with Crippen LogP contribution in [0.2, 0.25) is 0 Å². The van der Waals surface area contributed by atoms with Crippen LogP contribution in [0, 0.1) is 5.41 Å². The van der Waals surface area contributed by atoms with Gasteiger partial charge in [-0.1, -0.05) is 20.8 Å². The Labute approximate surface area is 105 Å². The van der Waals surface area contributed by atoms with Gasteiger partial charge in [0, 0.05) is 12.6 Å². The van der Waals surface area contributed by atoms with Crippen molar-refractivity contribution in [2.75, 3.05) is 13.1 Å². The molecule has 1 heterocycles. The maximum atomic E-state index is 12.3. The fourth-order valence-corrected chi connectivity index (χ4v) is 3.24. The summed E-state index contributed by atoms with van der Waals surface area (Å²) in [6.45, 7) is 8.70. The molecule has 0 aromatic carbocycles. The average Bonchev–Trinajstić information content (AvgIpc) is 2.79. The Morgan fingerprint density at radius 1 is 1.41 bits per heavy atom. The Bertz CT molecular complexity index is 288. The van der Waals surface area contributed by atoms with Crippen LogP contribution in [-0.2, 0) is 4.79 Å². The number of hydrogen-bond acceptors (Lipinski definition) is 2. The van der Waals surface area contributed by atoms with Crippen molar-refractivity contribution in [3.63, 3.8) is 0 Å². The van der Waals surface area contributed by atoms with Gasteiger partial charge in [-0.2, -0.15) is 0 Å². The van der Waals surface area contributed by atoms with Crippen molar-refractivity contribution in [2.24, 2.45) is 5.41 Å². The largest absolute Gasteiger partial charge is 0.338 e. The number of rotatable bonds is 4. The van der Waals surface area contributed by atoms with Gasteiger partial charge >= 0.3 is 0 Å². The number of hydrogen-bond donors (Lipinski definition) is 1. The van der Waals surface area contributed by atoms with Gasteiger partial charge in [-0.05, 0) is 44.1 Å². The highest BCUT2D eigenvalue weighted by molar-refractivity contribution is 5.84. The molecule has 2 rings (SSSR count). The van der Waals surface area contributed by atoms with Crippen LogP contribution in [0.1, 0.15) is 52.9 Å². The molecule has 0 aromatic rings. The van der Waals surface area contributed by atoms with E-state index in [-0.39, 0.29) is 6.04 Å². The molecule has 0 radical (unpaired) electrons. The lowest BCUT2D eigenvalue weighted by molar-refractivity contribution is -0.131. The smallest absolute Gasteiger partial charge is 0.240 e. The van der Waals surface area contributed by atoms with Crippen molar-refractivity contribution in [1.29, 1.82) is 0 Å². The number of nitrogens with zero attached hydrogens (tertiary/aromatic N) is 1. The lowest BCUT2D eigenvalue weighted by Gasteiger charge is -2.26. The molecule has 1 saturated carbocycles. The van der Waals surface area contributed by atoms with E-state index in [2.05, 4.69) is 31.0 Å². The van der Waals surface area contributed by atoms with E-state index < -0.39 is 0 Å². The van der Waals surface area contributed by atoms with Crippen molar-refractivity contribution < 1.29 is 4.79 Å². The second-order valence-electron chi connectivity index (χ2n) is 6.39. The first kappa shape index (κ1) is 12.9. The van der Waals surface area contributed by atoms with Gasteiger partial charge in [0.25, 0.3) is 0 Å². The Hall–Kier alpha value is -0.570. The summed E-state index contributed by atoms with van der Waals surface area (Å²) >= 11 is 0. The normalized spacial score (nSPS) is 32.4. The summed E-state index contributed by atoms with van der Waals surface area (Å²) in [5, 5.41) is 3.36. The molecule has 0 aromatic heterocycles. The Morgan fingerprint density at radius 2 is 2.18 bits per heavy atom. The van der Waals surface area contributed by atoms with Gasteiger partial charge in [-0.3, -0.25) is 4.79 Å². The van der Waals surface area contributed by atoms with Crippen LogP contribution in [0.25, 0.3) is 0 Å². The molecule has 0 bridgehead atoms. The predicted octanol–water partition coefficient (Wildman–Crippen LogP) is 2.17. The van der Waals surface area contributed by atoms with Gasteiger partial charge in [0.05, 0.1) is 6.04 Å². The molecule has 1 aliphatic carbocycles. The fraction of sp³-hybridized carbons (Fsp3) is 0.929. The minimum Gasteiger partial charge on any atom is -0.338 e. The highest BCUT2D eigenvalue weighted by Gasteiger charge is 2.40. The molecule has 2 unspecified atom stereocenters. The van der Waals surface area contributed by atoms with Crippen LogP contribution < -0.4 is 5.32 Å². The second kappa shape index (κ2) is 4.97. The number of amides is 1. The molecule has 1 saturated heterocycles. The van der Waals surface area contributed by atoms with Crippen LogP contribution in [-0.4, -0.2) is 36.0 Å². The quantitative estimate of drug-likeness (QED) is 0.814. The summed E-state index contributed by atoms with van der Waals surface area (Å²) < 4.78 is 0. The van der Waals surface area contributed by atoms with Gasteiger partial charge in [0.2, 0.25) is 5.91 Å². The van der Waals surface area contributed by atoms with E-state index in [9.17, 15) is 4.79 Å². The number of likely N-dealkylation sites (tertiary alicyclic amines) is 1. The third-order valence-electron chi connectivity index (χ3n) is 4.26. The number of carbonyl (C=O) groups is 1. The molecular weight excluding hydrogens is 212 g/mol. The first-order chi connectivity index (χ1) is 8.03. The molecule has 98 valence electrons. The highest BCUT2D eigenvalue weighted by atomic mass is 16.2. The van der Waals surface area contributed by atoms with Crippen molar-refractivity contribution in [3.05, 3.63) is 0 Å². The Kier molecular flexibility index (Phi) is 3.76. The van der Waals surface area contributed by atoms with Crippen LogP contribution >= 0.6 is 0 Å². The zero-order valence-electron chi connectivity index (χ0n) is 11.5. The molecule has 17 heavy (non-hydrogen) atoms. The van der Waals surface area contributed by atoms with Crippen molar-refractivity contribution in [3.8, 4) is 0 Å². The van der Waals surface area contributed by atoms with E-state index in [4.69, 9.17) is 0 Å². The van der Waals surface area contributed by atoms with Crippen LogP contribution in [0.15, 0.2) is 0 Å². The molecule has 1 aliphatic heterocycles. The van der Waals surface area contributed by atoms with Crippen LogP contribution in [0.5, 0.6) is 0 Å². The first-order valence-corrected chi connectivity index (χ1v) is 7.07. The van der Waals surface area contributed by atoms with Crippen LogP contribution in [0.4, 0.5) is 0 Å². The third kappa shape index (κ3) is 2.82. The highest BCUT2D eigenvalue weighted by Crippen LogP contribution is 2.40. The van der Waals surface area contributed by atoms with Crippen molar-refractivity contribution >= 4 is 5.91 Å². The molecule has 0 spiro atoms. The number of nitrogens with one attached hydrogen (secondary N) is 1. The van der Waals surface area contributed by atoms with E-state index in [1.165, 1.54) is 19.3 Å². The Balaban J connectivity index is 1.89. The van der Waals surface area contributed by atoms with Gasteiger partial charge in [-0.25, -0.2) is 0 Å². The standard InChI is InChI=1S/C14H26N2O/c1-4-8-15-12-6-9-16(13(12)17)11-5-7-14(2,3)10-11/h11-12,15H,4-10H2,1-3H3. The minimum absolute atomic E-state index is 0.0960. The molecule has 3 nitrogen and oxygen atoms in total. The lowest BCUT2D eigenvalue weighted by Crippen LogP contribution is -2.42. The third-order valence-corrected chi connectivity index (χ3v) is 4.26. The molecular formula is C14H26N2O. The summed E-state index contributed by atoms with van der Waals surface area (Å²) in [5.41, 5.74) is 0.430. The van der Waals surface area contributed by atoms with Crippen molar-refractivity contribution in [2.45, 2.75) is 65.0 Å².